The van der Waals surface area contributed by atoms with Gasteiger partial charge in [-0.15, -0.1) is 0 Å². The number of piperidine rings is 1. The van der Waals surface area contributed by atoms with Crippen molar-refractivity contribution in [3.63, 3.8) is 0 Å². The number of hydrogen-bond donors (Lipinski definition) is 0. The minimum absolute atomic E-state index is 0.0227. The smallest absolute Gasteiger partial charge is 0.419 e. The number of anilines is 2. The van der Waals surface area contributed by atoms with Crippen LogP contribution >= 0.6 is 11.6 Å². The maximum Gasteiger partial charge on any atom is 0.419 e. The van der Waals surface area contributed by atoms with Crippen LogP contribution in [0.5, 0.6) is 6.01 Å². The van der Waals surface area contributed by atoms with Crippen molar-refractivity contribution in [3.05, 3.63) is 59.0 Å². The molecule has 1 aromatic carbocycles. The average Bonchev–Trinajstić information content (AvgIpc) is 2.94. The predicted molar refractivity (Wildman–Crippen MR) is 142 cm³/mol. The van der Waals surface area contributed by atoms with Gasteiger partial charge in [0, 0.05) is 50.6 Å². The third kappa shape index (κ3) is 6.36. The van der Waals surface area contributed by atoms with Crippen molar-refractivity contribution in [2.45, 2.75) is 32.0 Å². The number of alkyl halides is 3. The fourth-order valence-corrected chi connectivity index (χ4v) is 5.17. The third-order valence-electron chi connectivity index (χ3n) is 7.08. The molecule has 5 rings (SSSR count). The van der Waals surface area contributed by atoms with E-state index in [-0.39, 0.29) is 23.0 Å². The van der Waals surface area contributed by atoms with E-state index in [1.807, 2.05) is 4.90 Å². The summed E-state index contributed by atoms with van der Waals surface area (Å²) in [5, 5.41) is -0.0227. The molecule has 3 aromatic rings. The standard InChI is InChI=1S/C27H29ClF4N6O/c1-2-36-10-4-5-19(17-36)39-26-34-23(18-7-8-22(29)21(28)15-18)16-24(35-26)37-11-13-38(14-12-37)25-20(27(30,31)32)6-3-9-33-25/h3,6-9,15-16,19H,2,4-5,10-14,17H2,1H3. The first kappa shape index (κ1) is 27.4. The molecule has 1 unspecified atom stereocenters. The molecular formula is C27H29ClF4N6O. The Hall–Kier alpha value is -3.18. The van der Waals surface area contributed by atoms with Crippen LogP contribution < -0.4 is 14.5 Å². The summed E-state index contributed by atoms with van der Waals surface area (Å²) in [6.45, 7) is 6.31. The number of pyridine rings is 1. The summed E-state index contributed by atoms with van der Waals surface area (Å²) in [7, 11) is 0. The Balaban J connectivity index is 1.40. The van der Waals surface area contributed by atoms with Gasteiger partial charge in [0.05, 0.1) is 16.3 Å². The number of likely N-dealkylation sites (tertiary alicyclic amines) is 1. The number of benzene rings is 1. The van der Waals surface area contributed by atoms with E-state index in [1.165, 1.54) is 24.4 Å². The second-order valence-electron chi connectivity index (χ2n) is 9.64. The second-order valence-corrected chi connectivity index (χ2v) is 10.1. The number of nitrogens with zero attached hydrogens (tertiary/aromatic N) is 6. The Bertz CT molecular complexity index is 1300. The number of aromatic nitrogens is 3. The van der Waals surface area contributed by atoms with Gasteiger partial charge in [0.1, 0.15) is 23.6 Å². The molecule has 2 aromatic heterocycles. The summed E-state index contributed by atoms with van der Waals surface area (Å²) in [6.07, 6.45) is -1.30. The second kappa shape index (κ2) is 11.5. The lowest BCUT2D eigenvalue weighted by molar-refractivity contribution is -0.137. The lowest BCUT2D eigenvalue weighted by atomic mass is 10.1. The molecule has 2 aliphatic rings. The highest BCUT2D eigenvalue weighted by molar-refractivity contribution is 6.31. The molecule has 0 N–H and O–H groups in total. The van der Waals surface area contributed by atoms with E-state index in [2.05, 4.69) is 26.8 Å². The highest BCUT2D eigenvalue weighted by atomic mass is 35.5. The first-order chi connectivity index (χ1) is 18.7. The van der Waals surface area contributed by atoms with Crippen molar-refractivity contribution in [2.24, 2.45) is 0 Å². The van der Waals surface area contributed by atoms with Gasteiger partial charge in [0.2, 0.25) is 0 Å². The van der Waals surface area contributed by atoms with Crippen LogP contribution in [0.25, 0.3) is 11.3 Å². The van der Waals surface area contributed by atoms with E-state index in [9.17, 15) is 17.6 Å². The zero-order chi connectivity index (χ0) is 27.6. The quantitative estimate of drug-likeness (QED) is 0.364. The molecule has 4 heterocycles. The third-order valence-corrected chi connectivity index (χ3v) is 7.37. The molecule has 12 heteroatoms. The van der Waals surface area contributed by atoms with Crippen LogP contribution in [0.1, 0.15) is 25.3 Å². The molecule has 0 radical (unpaired) electrons. The maximum absolute atomic E-state index is 13.8. The fraction of sp³-hybridized carbons (Fsp3) is 0.444. The summed E-state index contributed by atoms with van der Waals surface area (Å²) in [5.74, 6) is -0.0250. The van der Waals surface area contributed by atoms with Crippen LogP contribution in [-0.2, 0) is 6.18 Å². The first-order valence-corrected chi connectivity index (χ1v) is 13.3. The Morgan fingerprint density at radius 1 is 1.03 bits per heavy atom. The molecule has 0 bridgehead atoms. The normalized spacial score (nSPS) is 18.9. The summed E-state index contributed by atoms with van der Waals surface area (Å²) in [6, 6.07) is 8.70. The number of likely N-dealkylation sites (N-methyl/N-ethyl adjacent to an activating group) is 1. The van der Waals surface area contributed by atoms with Gasteiger partial charge in [-0.05, 0) is 56.3 Å². The van der Waals surface area contributed by atoms with Crippen molar-refractivity contribution < 1.29 is 22.3 Å². The van der Waals surface area contributed by atoms with Crippen molar-refractivity contribution in [1.82, 2.24) is 19.9 Å². The van der Waals surface area contributed by atoms with E-state index in [0.717, 1.165) is 38.5 Å². The molecule has 1 atom stereocenters. The van der Waals surface area contributed by atoms with Crippen LogP contribution in [-0.4, -0.2) is 71.8 Å². The van der Waals surface area contributed by atoms with Crippen LogP contribution in [0.4, 0.5) is 29.2 Å². The summed E-state index contributed by atoms with van der Waals surface area (Å²) in [5.41, 5.74) is 0.377. The highest BCUT2D eigenvalue weighted by Gasteiger charge is 2.36. The van der Waals surface area contributed by atoms with Crippen LogP contribution in [0, 0.1) is 5.82 Å². The zero-order valence-corrected chi connectivity index (χ0v) is 22.2. The topological polar surface area (TPSA) is 57.6 Å². The Kier molecular flexibility index (Phi) is 8.08. The van der Waals surface area contributed by atoms with E-state index < -0.39 is 17.6 Å². The SMILES string of the molecule is CCN1CCCC(Oc2nc(-c3ccc(F)c(Cl)c3)cc(N3CCN(c4ncccc4C(F)(F)F)CC3)n2)C1. The van der Waals surface area contributed by atoms with Gasteiger partial charge in [-0.25, -0.2) is 9.37 Å². The molecule has 2 fully saturated rings. The van der Waals surface area contributed by atoms with Crippen molar-refractivity contribution in [1.29, 1.82) is 0 Å². The Morgan fingerprint density at radius 2 is 1.79 bits per heavy atom. The van der Waals surface area contributed by atoms with Gasteiger partial charge in [0.25, 0.3) is 0 Å². The van der Waals surface area contributed by atoms with E-state index >= 15 is 0 Å². The molecule has 0 aliphatic carbocycles. The minimum atomic E-state index is -4.49. The van der Waals surface area contributed by atoms with Crippen LogP contribution in [0.2, 0.25) is 5.02 Å². The molecule has 39 heavy (non-hydrogen) atoms. The predicted octanol–water partition coefficient (Wildman–Crippen LogP) is 5.54. The van der Waals surface area contributed by atoms with E-state index in [0.29, 0.717) is 43.3 Å². The van der Waals surface area contributed by atoms with E-state index in [4.69, 9.17) is 16.3 Å². The largest absolute Gasteiger partial charge is 0.459 e. The van der Waals surface area contributed by atoms with Crippen molar-refractivity contribution in [2.75, 3.05) is 55.6 Å². The van der Waals surface area contributed by atoms with Crippen molar-refractivity contribution in [3.8, 4) is 17.3 Å². The van der Waals surface area contributed by atoms with Gasteiger partial charge < -0.3 is 14.5 Å². The molecule has 2 saturated heterocycles. The minimum Gasteiger partial charge on any atom is -0.459 e. The van der Waals surface area contributed by atoms with Gasteiger partial charge in [-0.1, -0.05) is 18.5 Å². The molecule has 0 amide bonds. The van der Waals surface area contributed by atoms with Gasteiger partial charge in [-0.2, -0.15) is 23.1 Å². The number of piperazine rings is 1. The number of halogens is 5. The Labute approximate surface area is 229 Å². The summed E-state index contributed by atoms with van der Waals surface area (Å²) < 4.78 is 60.7. The van der Waals surface area contributed by atoms with Gasteiger partial charge in [0.15, 0.2) is 0 Å². The number of hydrogen-bond acceptors (Lipinski definition) is 7. The average molecular weight is 565 g/mol. The molecule has 2 aliphatic heterocycles. The maximum atomic E-state index is 13.8. The fourth-order valence-electron chi connectivity index (χ4n) is 4.99. The summed E-state index contributed by atoms with van der Waals surface area (Å²) >= 11 is 6.04. The number of ether oxygens (including phenoxy) is 1. The van der Waals surface area contributed by atoms with Crippen LogP contribution in [0.15, 0.2) is 42.6 Å². The van der Waals surface area contributed by atoms with Crippen molar-refractivity contribution >= 4 is 23.2 Å². The van der Waals surface area contributed by atoms with Gasteiger partial charge >= 0.3 is 12.2 Å². The van der Waals surface area contributed by atoms with Gasteiger partial charge in [-0.3, -0.25) is 4.90 Å². The first-order valence-electron chi connectivity index (χ1n) is 13.0. The lowest BCUT2D eigenvalue weighted by Crippen LogP contribution is -2.47. The van der Waals surface area contributed by atoms with E-state index in [1.54, 1.807) is 17.0 Å². The molecular weight excluding hydrogens is 536 g/mol. The molecule has 0 spiro atoms. The summed E-state index contributed by atoms with van der Waals surface area (Å²) in [4.78, 5) is 19.2. The monoisotopic (exact) mass is 564 g/mol. The molecule has 7 nitrogen and oxygen atoms in total. The highest BCUT2D eigenvalue weighted by Crippen LogP contribution is 2.36. The number of rotatable bonds is 6. The molecule has 208 valence electrons. The van der Waals surface area contributed by atoms with Crippen LogP contribution in [0.3, 0.4) is 0 Å². The Morgan fingerprint density at radius 3 is 2.51 bits per heavy atom. The lowest BCUT2D eigenvalue weighted by Gasteiger charge is -2.37. The zero-order valence-electron chi connectivity index (χ0n) is 21.5. The molecule has 0 saturated carbocycles.